The molecule has 0 saturated heterocycles. The molecule has 1 atom stereocenters. The van der Waals surface area contributed by atoms with Gasteiger partial charge in [0.2, 0.25) is 0 Å². The van der Waals surface area contributed by atoms with Crippen LogP contribution in [0.25, 0.3) is 0 Å². The number of carbonyl (C=O) groups is 1. The second-order valence-electron chi connectivity index (χ2n) is 3.44. The average Bonchev–Trinajstić information content (AvgIpc) is 2.82. The van der Waals surface area contributed by atoms with Crippen molar-refractivity contribution in [2.45, 2.75) is 19.8 Å². The predicted molar refractivity (Wildman–Crippen MR) is 69.2 cm³/mol. The Hall–Kier alpha value is -0.360. The SMILES string of the molecule is C=CC(CC)(CC(=O)O)C1=NCCN1.C[O].[NaH]. The van der Waals surface area contributed by atoms with Gasteiger partial charge in [-0.1, -0.05) is 13.0 Å². The molecule has 0 aromatic heterocycles. The van der Waals surface area contributed by atoms with Crippen molar-refractivity contribution in [3.05, 3.63) is 12.7 Å². The van der Waals surface area contributed by atoms with Gasteiger partial charge in [-0.2, -0.15) is 0 Å². The van der Waals surface area contributed by atoms with Gasteiger partial charge < -0.3 is 10.4 Å². The number of hydrogen-bond donors (Lipinski definition) is 2. The third-order valence-corrected chi connectivity index (χ3v) is 2.63. The molecule has 0 saturated carbocycles. The third kappa shape index (κ3) is 5.21. The van der Waals surface area contributed by atoms with Crippen molar-refractivity contribution in [1.29, 1.82) is 0 Å². The van der Waals surface area contributed by atoms with Crippen LogP contribution in [0.2, 0.25) is 0 Å². The molecule has 1 unspecified atom stereocenters. The molecule has 17 heavy (non-hydrogen) atoms. The van der Waals surface area contributed by atoms with Crippen LogP contribution >= 0.6 is 0 Å². The van der Waals surface area contributed by atoms with Crippen LogP contribution in [-0.4, -0.2) is 66.7 Å². The molecule has 0 amide bonds. The van der Waals surface area contributed by atoms with Crippen molar-refractivity contribution in [3.63, 3.8) is 0 Å². The standard InChI is InChI=1S/C10H16N2O2.CH3O.Na.H/c1-3-10(4-2,7-8(13)14)9-11-5-6-12-9;1-2;;/h3H,1,4-7H2,2H3,(H,11,12)(H,13,14);1H3;;. The summed E-state index contributed by atoms with van der Waals surface area (Å²) in [6.45, 7) is 7.19. The van der Waals surface area contributed by atoms with Crippen molar-refractivity contribution >= 4 is 41.4 Å². The van der Waals surface area contributed by atoms with E-state index in [1.54, 1.807) is 6.08 Å². The van der Waals surface area contributed by atoms with Crippen LogP contribution in [0.1, 0.15) is 19.8 Å². The van der Waals surface area contributed by atoms with Gasteiger partial charge in [-0.15, -0.1) is 6.58 Å². The Morgan fingerprint density at radius 3 is 2.53 bits per heavy atom. The summed E-state index contributed by atoms with van der Waals surface area (Å²) in [6, 6.07) is 0. The molecule has 6 heteroatoms. The second-order valence-corrected chi connectivity index (χ2v) is 3.44. The fourth-order valence-electron chi connectivity index (χ4n) is 1.69. The van der Waals surface area contributed by atoms with E-state index < -0.39 is 11.4 Å². The molecule has 1 heterocycles. The molecule has 0 spiro atoms. The summed E-state index contributed by atoms with van der Waals surface area (Å²) in [7, 11) is 0.750. The van der Waals surface area contributed by atoms with Crippen LogP contribution in [0, 0.1) is 5.41 Å². The summed E-state index contributed by atoms with van der Waals surface area (Å²) in [5.74, 6) is -0.0412. The minimum atomic E-state index is -0.817. The Morgan fingerprint density at radius 2 is 2.24 bits per heavy atom. The number of nitrogens with one attached hydrogen (secondary N) is 1. The van der Waals surface area contributed by atoms with Gasteiger partial charge in [-0.3, -0.25) is 9.79 Å². The van der Waals surface area contributed by atoms with E-state index in [1.165, 1.54) is 0 Å². The van der Waals surface area contributed by atoms with Crippen LogP contribution in [0.3, 0.4) is 0 Å². The van der Waals surface area contributed by atoms with E-state index in [0.29, 0.717) is 6.42 Å². The number of nitrogens with zero attached hydrogens (tertiary/aromatic N) is 1. The summed E-state index contributed by atoms with van der Waals surface area (Å²) in [5.41, 5.74) is -0.512. The number of carboxylic acid groups (broad SMARTS) is 1. The molecule has 1 aliphatic rings. The van der Waals surface area contributed by atoms with E-state index in [2.05, 4.69) is 16.9 Å². The van der Waals surface area contributed by atoms with Gasteiger partial charge in [-0.05, 0) is 6.42 Å². The van der Waals surface area contributed by atoms with Gasteiger partial charge in [0.1, 0.15) is 5.84 Å². The van der Waals surface area contributed by atoms with E-state index in [-0.39, 0.29) is 36.0 Å². The zero-order chi connectivity index (χ0) is 12.6. The van der Waals surface area contributed by atoms with Gasteiger partial charge in [0.15, 0.2) is 0 Å². The molecule has 0 aromatic carbocycles. The Morgan fingerprint density at radius 1 is 1.65 bits per heavy atom. The van der Waals surface area contributed by atoms with Crippen molar-refractivity contribution < 1.29 is 15.0 Å². The molecule has 0 aliphatic carbocycles. The monoisotopic (exact) mass is 251 g/mol. The zero-order valence-electron chi connectivity index (χ0n) is 9.82. The van der Waals surface area contributed by atoms with Gasteiger partial charge in [0, 0.05) is 6.54 Å². The molecule has 1 radical (unpaired) electrons. The predicted octanol–water partition coefficient (Wildman–Crippen LogP) is 0.443. The van der Waals surface area contributed by atoms with E-state index in [1.807, 2.05) is 6.92 Å². The molecule has 1 aliphatic heterocycles. The Kier molecular flexibility index (Phi) is 10.8. The first-order chi connectivity index (χ1) is 7.64. The van der Waals surface area contributed by atoms with Gasteiger partial charge in [0.05, 0.1) is 25.5 Å². The van der Waals surface area contributed by atoms with Crippen LogP contribution in [0.4, 0.5) is 0 Å². The molecule has 1 rings (SSSR count). The van der Waals surface area contributed by atoms with Gasteiger partial charge >= 0.3 is 35.5 Å². The Bertz CT molecular complexity index is 282. The number of aliphatic imine (C=N–C) groups is 1. The molecule has 5 nitrogen and oxygen atoms in total. The van der Waals surface area contributed by atoms with Crippen molar-refractivity contribution in [2.24, 2.45) is 10.4 Å². The molecule has 0 bridgehead atoms. The minimum absolute atomic E-state index is 0. The van der Waals surface area contributed by atoms with Crippen molar-refractivity contribution in [1.82, 2.24) is 5.32 Å². The number of rotatable bonds is 5. The number of amidine groups is 1. The molecule has 0 aromatic rings. The first-order valence-corrected chi connectivity index (χ1v) is 5.19. The van der Waals surface area contributed by atoms with E-state index in [0.717, 1.165) is 26.0 Å². The fraction of sp³-hybridized carbons (Fsp3) is 0.636. The average molecular weight is 251 g/mol. The number of carboxylic acids is 1. The summed E-state index contributed by atoms with van der Waals surface area (Å²) in [6.07, 6.45) is 2.45. The zero-order valence-corrected chi connectivity index (χ0v) is 9.82. The topological polar surface area (TPSA) is 81.6 Å². The van der Waals surface area contributed by atoms with E-state index >= 15 is 0 Å². The number of aliphatic carboxylic acids is 1. The maximum absolute atomic E-state index is 10.8. The third-order valence-electron chi connectivity index (χ3n) is 2.63. The van der Waals surface area contributed by atoms with E-state index in [9.17, 15) is 4.79 Å². The van der Waals surface area contributed by atoms with Crippen LogP contribution in [0.5, 0.6) is 0 Å². The summed E-state index contributed by atoms with van der Waals surface area (Å²) >= 11 is 0. The molecule has 2 N–H and O–H groups in total. The first-order valence-electron chi connectivity index (χ1n) is 5.19. The quantitative estimate of drug-likeness (QED) is 0.549. The summed E-state index contributed by atoms with van der Waals surface area (Å²) in [5, 5.41) is 20.2. The van der Waals surface area contributed by atoms with Crippen molar-refractivity contribution in [3.8, 4) is 0 Å². The number of hydrogen-bond acceptors (Lipinski definition) is 3. The normalized spacial score (nSPS) is 16.3. The van der Waals surface area contributed by atoms with Crippen LogP contribution in [0.15, 0.2) is 17.6 Å². The van der Waals surface area contributed by atoms with Gasteiger partial charge in [0.25, 0.3) is 0 Å². The van der Waals surface area contributed by atoms with Crippen molar-refractivity contribution in [2.75, 3.05) is 20.2 Å². The molecule has 0 fully saturated rings. The Labute approximate surface area is 124 Å². The summed E-state index contributed by atoms with van der Waals surface area (Å²) < 4.78 is 0. The molecular formula is C11H20N2NaO3. The van der Waals surface area contributed by atoms with E-state index in [4.69, 9.17) is 10.2 Å². The maximum atomic E-state index is 10.8. The summed E-state index contributed by atoms with van der Waals surface area (Å²) in [4.78, 5) is 15.0. The van der Waals surface area contributed by atoms with Crippen LogP contribution in [-0.2, 0) is 9.90 Å². The Balaban J connectivity index is 0. The molecular weight excluding hydrogens is 231 g/mol. The fourth-order valence-corrected chi connectivity index (χ4v) is 1.69. The van der Waals surface area contributed by atoms with Gasteiger partial charge in [-0.25, -0.2) is 5.11 Å². The first kappa shape index (κ1) is 19.0. The van der Waals surface area contributed by atoms with Crippen LogP contribution < -0.4 is 5.32 Å². The molecule has 93 valence electrons. The second kappa shape index (κ2) is 9.65.